The molecule has 1 atom stereocenters. The van der Waals surface area contributed by atoms with E-state index in [0.29, 0.717) is 0 Å². The van der Waals surface area contributed by atoms with E-state index < -0.39 is 0 Å². The first-order valence-corrected chi connectivity index (χ1v) is 6.28. The van der Waals surface area contributed by atoms with E-state index in [1.54, 1.807) is 19.2 Å². The number of aromatic hydroxyl groups is 1. The van der Waals surface area contributed by atoms with E-state index in [2.05, 4.69) is 6.07 Å². The summed E-state index contributed by atoms with van der Waals surface area (Å²) in [5.41, 5.74) is 9.51. The standard InChI is InChI=1S/C16H19NO2/c1-11-9-13(5-8-16(11)19-2)15(17)10-12-3-6-14(18)7-4-12/h3-9,15,18H,10,17H2,1-2H3. The van der Waals surface area contributed by atoms with Gasteiger partial charge in [-0.05, 0) is 48.2 Å². The predicted octanol–water partition coefficient (Wildman–Crippen LogP) is 2.95. The smallest absolute Gasteiger partial charge is 0.121 e. The molecule has 0 bridgehead atoms. The van der Waals surface area contributed by atoms with Crippen LogP contribution in [-0.4, -0.2) is 12.2 Å². The average Bonchev–Trinajstić information content (AvgIpc) is 2.41. The van der Waals surface area contributed by atoms with Crippen LogP contribution in [0.1, 0.15) is 22.7 Å². The first-order chi connectivity index (χ1) is 9.10. The van der Waals surface area contributed by atoms with Crippen molar-refractivity contribution in [1.29, 1.82) is 0 Å². The molecule has 0 amide bonds. The Labute approximate surface area is 113 Å². The molecular weight excluding hydrogens is 238 g/mol. The zero-order valence-electron chi connectivity index (χ0n) is 11.3. The molecule has 2 aromatic carbocycles. The van der Waals surface area contributed by atoms with E-state index in [9.17, 15) is 5.11 Å². The molecule has 2 aromatic rings. The minimum Gasteiger partial charge on any atom is -0.508 e. The predicted molar refractivity (Wildman–Crippen MR) is 76.5 cm³/mol. The lowest BCUT2D eigenvalue weighted by Gasteiger charge is -2.14. The maximum atomic E-state index is 9.26. The van der Waals surface area contributed by atoms with Crippen LogP contribution in [0.4, 0.5) is 0 Å². The Morgan fingerprint density at radius 3 is 2.42 bits per heavy atom. The lowest BCUT2D eigenvalue weighted by molar-refractivity contribution is 0.411. The van der Waals surface area contributed by atoms with Gasteiger partial charge in [0, 0.05) is 6.04 Å². The van der Waals surface area contributed by atoms with Gasteiger partial charge < -0.3 is 15.6 Å². The molecule has 0 aromatic heterocycles. The first-order valence-electron chi connectivity index (χ1n) is 6.28. The van der Waals surface area contributed by atoms with Gasteiger partial charge in [0.1, 0.15) is 11.5 Å². The summed E-state index contributed by atoms with van der Waals surface area (Å²) in [4.78, 5) is 0. The van der Waals surface area contributed by atoms with Gasteiger partial charge in [0.25, 0.3) is 0 Å². The van der Waals surface area contributed by atoms with E-state index in [4.69, 9.17) is 10.5 Å². The Morgan fingerprint density at radius 1 is 1.16 bits per heavy atom. The first kappa shape index (κ1) is 13.4. The Kier molecular flexibility index (Phi) is 4.07. The molecule has 3 N–H and O–H groups in total. The van der Waals surface area contributed by atoms with Crippen LogP contribution in [0, 0.1) is 6.92 Å². The highest BCUT2D eigenvalue weighted by Gasteiger charge is 2.09. The zero-order valence-corrected chi connectivity index (χ0v) is 11.3. The van der Waals surface area contributed by atoms with Crippen molar-refractivity contribution in [2.24, 2.45) is 5.73 Å². The average molecular weight is 257 g/mol. The number of ether oxygens (including phenoxy) is 1. The second kappa shape index (κ2) is 5.76. The molecule has 0 spiro atoms. The van der Waals surface area contributed by atoms with Gasteiger partial charge >= 0.3 is 0 Å². The van der Waals surface area contributed by atoms with Crippen molar-refractivity contribution >= 4 is 0 Å². The van der Waals surface area contributed by atoms with Crippen molar-refractivity contribution in [3.63, 3.8) is 0 Å². The maximum absolute atomic E-state index is 9.26. The third-order valence-electron chi connectivity index (χ3n) is 3.24. The fraction of sp³-hybridized carbons (Fsp3) is 0.250. The molecule has 0 saturated carbocycles. The number of hydrogen-bond donors (Lipinski definition) is 2. The number of rotatable bonds is 4. The number of benzene rings is 2. The summed E-state index contributed by atoms with van der Waals surface area (Å²) in [5, 5.41) is 9.26. The van der Waals surface area contributed by atoms with Gasteiger partial charge in [-0.2, -0.15) is 0 Å². The number of aryl methyl sites for hydroxylation is 1. The van der Waals surface area contributed by atoms with E-state index in [1.165, 1.54) is 0 Å². The Bertz CT molecular complexity index is 549. The second-order valence-electron chi connectivity index (χ2n) is 4.71. The molecule has 19 heavy (non-hydrogen) atoms. The molecule has 0 fully saturated rings. The minimum atomic E-state index is -0.0610. The lowest BCUT2D eigenvalue weighted by atomic mass is 9.98. The normalized spacial score (nSPS) is 12.2. The highest BCUT2D eigenvalue weighted by molar-refractivity contribution is 5.38. The molecule has 0 aliphatic carbocycles. The van der Waals surface area contributed by atoms with Gasteiger partial charge in [0.2, 0.25) is 0 Å². The maximum Gasteiger partial charge on any atom is 0.121 e. The van der Waals surface area contributed by atoms with Gasteiger partial charge in [0.15, 0.2) is 0 Å². The van der Waals surface area contributed by atoms with Crippen molar-refractivity contribution in [1.82, 2.24) is 0 Å². The minimum absolute atomic E-state index is 0.0610. The summed E-state index contributed by atoms with van der Waals surface area (Å²) in [6.45, 7) is 2.01. The number of phenols is 1. The van der Waals surface area contributed by atoms with Crippen LogP contribution in [0.2, 0.25) is 0 Å². The van der Waals surface area contributed by atoms with Gasteiger partial charge in [-0.25, -0.2) is 0 Å². The van der Waals surface area contributed by atoms with Crippen LogP contribution < -0.4 is 10.5 Å². The van der Waals surface area contributed by atoms with E-state index in [-0.39, 0.29) is 11.8 Å². The van der Waals surface area contributed by atoms with Crippen LogP contribution >= 0.6 is 0 Å². The van der Waals surface area contributed by atoms with Gasteiger partial charge in [0.05, 0.1) is 7.11 Å². The van der Waals surface area contributed by atoms with E-state index in [1.807, 2.05) is 31.2 Å². The molecule has 0 radical (unpaired) electrons. The topological polar surface area (TPSA) is 55.5 Å². The van der Waals surface area contributed by atoms with Crippen molar-refractivity contribution < 1.29 is 9.84 Å². The Hall–Kier alpha value is -2.00. The number of methoxy groups -OCH3 is 1. The molecule has 0 aliphatic heterocycles. The quantitative estimate of drug-likeness (QED) is 0.885. The molecule has 0 aliphatic rings. The summed E-state index contributed by atoms with van der Waals surface area (Å²) in [6.07, 6.45) is 0.742. The third-order valence-corrected chi connectivity index (χ3v) is 3.24. The van der Waals surface area contributed by atoms with Crippen LogP contribution in [0.3, 0.4) is 0 Å². The third kappa shape index (κ3) is 3.26. The van der Waals surface area contributed by atoms with Crippen LogP contribution in [0.5, 0.6) is 11.5 Å². The molecule has 0 saturated heterocycles. The van der Waals surface area contributed by atoms with Gasteiger partial charge in [-0.15, -0.1) is 0 Å². The van der Waals surface area contributed by atoms with Crippen molar-refractivity contribution in [2.45, 2.75) is 19.4 Å². The number of phenolic OH excluding ortho intramolecular Hbond substituents is 1. The van der Waals surface area contributed by atoms with Crippen molar-refractivity contribution in [3.8, 4) is 11.5 Å². The highest BCUT2D eigenvalue weighted by Crippen LogP contribution is 2.23. The summed E-state index contributed by atoms with van der Waals surface area (Å²) in [5.74, 6) is 1.15. The monoisotopic (exact) mass is 257 g/mol. The van der Waals surface area contributed by atoms with Crippen molar-refractivity contribution in [3.05, 3.63) is 59.2 Å². The number of nitrogens with two attached hydrogens (primary N) is 1. The van der Waals surface area contributed by atoms with Gasteiger partial charge in [-0.1, -0.05) is 24.3 Å². The summed E-state index contributed by atoms with van der Waals surface area (Å²) < 4.78 is 5.24. The van der Waals surface area contributed by atoms with Crippen LogP contribution in [0.25, 0.3) is 0 Å². The second-order valence-corrected chi connectivity index (χ2v) is 4.71. The molecule has 1 unspecified atom stereocenters. The van der Waals surface area contributed by atoms with Crippen LogP contribution in [0.15, 0.2) is 42.5 Å². The van der Waals surface area contributed by atoms with Gasteiger partial charge in [-0.3, -0.25) is 0 Å². The summed E-state index contributed by atoms with van der Waals surface area (Å²) >= 11 is 0. The molecule has 100 valence electrons. The molecule has 2 rings (SSSR count). The fourth-order valence-electron chi connectivity index (χ4n) is 2.14. The van der Waals surface area contributed by atoms with E-state index >= 15 is 0 Å². The Morgan fingerprint density at radius 2 is 1.84 bits per heavy atom. The zero-order chi connectivity index (χ0) is 13.8. The largest absolute Gasteiger partial charge is 0.508 e. The summed E-state index contributed by atoms with van der Waals surface area (Å²) in [6, 6.07) is 13.1. The van der Waals surface area contributed by atoms with Crippen LogP contribution in [-0.2, 0) is 6.42 Å². The SMILES string of the molecule is COc1ccc(C(N)Cc2ccc(O)cc2)cc1C. The molecule has 3 nitrogen and oxygen atoms in total. The number of hydrogen-bond acceptors (Lipinski definition) is 3. The van der Waals surface area contributed by atoms with Crippen molar-refractivity contribution in [2.75, 3.05) is 7.11 Å². The molecular formula is C16H19NO2. The Balaban J connectivity index is 2.13. The lowest BCUT2D eigenvalue weighted by Crippen LogP contribution is -2.13. The van der Waals surface area contributed by atoms with E-state index in [0.717, 1.165) is 28.9 Å². The molecule has 0 heterocycles. The highest BCUT2D eigenvalue weighted by atomic mass is 16.5. The summed E-state index contributed by atoms with van der Waals surface area (Å²) in [7, 11) is 1.67. The molecule has 3 heteroatoms. The fourth-order valence-corrected chi connectivity index (χ4v) is 2.14.